The van der Waals surface area contributed by atoms with Crippen LogP contribution in [0.4, 0.5) is 0 Å². The number of hydrogen-bond acceptors (Lipinski definition) is 5. The number of hydrogen-bond donors (Lipinski definition) is 1. The van der Waals surface area contributed by atoms with Gasteiger partial charge >= 0.3 is 0 Å². The molecule has 1 N–H and O–H groups in total. The van der Waals surface area contributed by atoms with E-state index in [1.54, 1.807) is 5.01 Å². The van der Waals surface area contributed by atoms with Crippen molar-refractivity contribution in [2.24, 2.45) is 10.1 Å². The topological polar surface area (TPSA) is 57.1 Å². The van der Waals surface area contributed by atoms with Crippen molar-refractivity contribution in [2.45, 2.75) is 11.9 Å². The van der Waals surface area contributed by atoms with E-state index in [2.05, 4.69) is 17.4 Å². The molecule has 148 valence electrons. The van der Waals surface area contributed by atoms with Gasteiger partial charge in [-0.3, -0.25) is 15.1 Å². The molecule has 0 aliphatic carbocycles. The predicted octanol–water partition coefficient (Wildman–Crippen LogP) is 3.42. The van der Waals surface area contributed by atoms with Crippen molar-refractivity contribution in [1.82, 2.24) is 10.3 Å². The molecule has 2 heterocycles. The number of hydrazone groups is 1. The molecule has 0 saturated heterocycles. The van der Waals surface area contributed by atoms with Gasteiger partial charge in [-0.05, 0) is 29.3 Å². The fourth-order valence-electron chi connectivity index (χ4n) is 3.47. The Bertz CT molecular complexity index is 1260. The van der Waals surface area contributed by atoms with Gasteiger partial charge in [-0.15, -0.1) is 5.10 Å². The molecule has 2 aliphatic rings. The van der Waals surface area contributed by atoms with E-state index in [0.29, 0.717) is 21.6 Å². The van der Waals surface area contributed by atoms with Crippen molar-refractivity contribution >= 4 is 40.1 Å². The lowest BCUT2D eigenvalue weighted by atomic mass is 10.1. The molecule has 0 fully saturated rings. The van der Waals surface area contributed by atoms with E-state index < -0.39 is 6.17 Å². The number of nitrogens with one attached hydrogen (secondary N) is 1. The quantitative estimate of drug-likeness (QED) is 0.690. The van der Waals surface area contributed by atoms with Gasteiger partial charge < -0.3 is 0 Å². The van der Waals surface area contributed by atoms with Crippen molar-refractivity contribution in [3.05, 3.63) is 106 Å². The van der Waals surface area contributed by atoms with E-state index in [4.69, 9.17) is 21.7 Å². The van der Waals surface area contributed by atoms with Crippen LogP contribution in [-0.4, -0.2) is 16.1 Å². The van der Waals surface area contributed by atoms with Crippen molar-refractivity contribution in [3.63, 3.8) is 0 Å². The number of rotatable bonds is 3. The number of carbonyl (C=O) groups excluding carboxylic acids is 1. The van der Waals surface area contributed by atoms with Crippen molar-refractivity contribution in [2.75, 3.05) is 0 Å². The Labute approximate surface area is 182 Å². The van der Waals surface area contributed by atoms with Gasteiger partial charge in [0.25, 0.3) is 5.91 Å². The van der Waals surface area contributed by atoms with Gasteiger partial charge in [0.15, 0.2) is 11.3 Å². The molecule has 0 unspecified atom stereocenters. The van der Waals surface area contributed by atoms with E-state index >= 15 is 0 Å². The van der Waals surface area contributed by atoms with E-state index in [9.17, 15) is 4.79 Å². The van der Waals surface area contributed by atoms with Crippen LogP contribution in [0.1, 0.15) is 17.3 Å². The highest BCUT2D eigenvalue weighted by atomic mass is 35.5. The minimum atomic E-state index is -0.439. The van der Waals surface area contributed by atoms with Crippen LogP contribution in [0.3, 0.4) is 0 Å². The maximum absolute atomic E-state index is 13.1. The maximum Gasteiger partial charge on any atom is 0.276 e. The molecule has 5 rings (SSSR count). The molecule has 0 bridgehead atoms. The Morgan fingerprint density at radius 3 is 2.50 bits per heavy atom. The van der Waals surface area contributed by atoms with Crippen LogP contribution in [0, 0.1) is 0 Å². The Morgan fingerprint density at radius 1 is 0.967 bits per heavy atom. The Balaban J connectivity index is 1.57. The predicted molar refractivity (Wildman–Crippen MR) is 120 cm³/mol. The van der Waals surface area contributed by atoms with Crippen LogP contribution < -0.4 is 15.9 Å². The fraction of sp³-hybridized carbons (Fsp3) is 0.0870. The molecule has 0 saturated carbocycles. The maximum atomic E-state index is 13.1. The Hall–Kier alpha value is -3.09. The minimum Gasteiger partial charge on any atom is -0.298 e. The molecular formula is C23H17ClN4OS. The molecule has 1 atom stereocenters. The monoisotopic (exact) mass is 432 g/mol. The summed E-state index contributed by atoms with van der Waals surface area (Å²) in [5.74, 6) is 0.532. The number of para-hydroxylation sites is 1. The highest BCUT2D eigenvalue weighted by Gasteiger charge is 2.34. The zero-order valence-corrected chi connectivity index (χ0v) is 17.4. The number of halogens is 1. The van der Waals surface area contributed by atoms with E-state index in [1.165, 1.54) is 11.8 Å². The zero-order chi connectivity index (χ0) is 20.5. The van der Waals surface area contributed by atoms with Crippen LogP contribution in [0.5, 0.6) is 0 Å². The second-order valence-corrected chi connectivity index (χ2v) is 8.30. The summed E-state index contributed by atoms with van der Waals surface area (Å²) >= 11 is 7.56. The zero-order valence-electron chi connectivity index (χ0n) is 15.8. The Morgan fingerprint density at radius 2 is 1.70 bits per heavy atom. The number of nitrogens with zero attached hydrogens (tertiary/aromatic N) is 3. The van der Waals surface area contributed by atoms with Crippen LogP contribution in [-0.2, 0) is 10.5 Å². The van der Waals surface area contributed by atoms with Crippen LogP contribution in [0.25, 0.3) is 5.70 Å². The van der Waals surface area contributed by atoms with E-state index in [-0.39, 0.29) is 5.91 Å². The van der Waals surface area contributed by atoms with Crippen LogP contribution >= 0.6 is 23.4 Å². The normalized spacial score (nSPS) is 17.4. The summed E-state index contributed by atoms with van der Waals surface area (Å²) in [5, 5.41) is 12.2. The highest BCUT2D eigenvalue weighted by molar-refractivity contribution is 8.13. The lowest BCUT2D eigenvalue weighted by Gasteiger charge is -2.34. The second-order valence-electron chi connectivity index (χ2n) is 6.90. The molecular weight excluding hydrogens is 416 g/mol. The van der Waals surface area contributed by atoms with Crippen molar-refractivity contribution in [3.8, 4) is 0 Å². The van der Waals surface area contributed by atoms with E-state index in [1.807, 2.05) is 66.7 Å². The summed E-state index contributed by atoms with van der Waals surface area (Å²) in [6.45, 7) is 0. The summed E-state index contributed by atoms with van der Waals surface area (Å²) in [6.07, 6.45) is -0.439. The van der Waals surface area contributed by atoms with Gasteiger partial charge in [0, 0.05) is 16.0 Å². The third kappa shape index (κ3) is 3.60. The number of benzene rings is 3. The Kier molecular flexibility index (Phi) is 5.02. The smallest absolute Gasteiger partial charge is 0.276 e. The molecule has 3 aromatic rings. The third-order valence-corrected chi connectivity index (χ3v) is 6.09. The first-order valence-electron chi connectivity index (χ1n) is 9.47. The molecule has 1 amide bonds. The van der Waals surface area contributed by atoms with Gasteiger partial charge in [-0.25, -0.2) is 5.01 Å². The molecule has 30 heavy (non-hydrogen) atoms. The van der Waals surface area contributed by atoms with Crippen LogP contribution in [0.15, 0.2) is 89.0 Å². The number of carbonyl (C=O) groups is 1. The first-order chi connectivity index (χ1) is 14.7. The van der Waals surface area contributed by atoms with Crippen LogP contribution in [0.2, 0.25) is 5.02 Å². The van der Waals surface area contributed by atoms with Gasteiger partial charge in [0.05, 0.1) is 5.36 Å². The summed E-state index contributed by atoms with van der Waals surface area (Å²) in [7, 11) is 0. The van der Waals surface area contributed by atoms with Gasteiger partial charge in [0.2, 0.25) is 0 Å². The molecule has 0 aromatic heterocycles. The largest absolute Gasteiger partial charge is 0.298 e. The molecule has 0 radical (unpaired) electrons. The summed E-state index contributed by atoms with van der Waals surface area (Å²) in [5.41, 5.74) is 2.58. The lowest BCUT2D eigenvalue weighted by Crippen LogP contribution is -2.50. The molecule has 0 spiro atoms. The standard InChI is InChI=1S/C23H17ClN4OS/c24-17-12-10-16(11-13-17)21-25-19-9-5-4-8-18(19)20-22(29)26-23(27-28(20)21)30-14-15-6-2-1-3-7-15/h1-13,21H,14H2,(H,26,27,29)/t21-/m1/s1. The number of fused-ring (bicyclic) bond motifs is 2. The molecule has 2 aliphatic heterocycles. The average Bonchev–Trinajstić information content (AvgIpc) is 2.78. The van der Waals surface area contributed by atoms with Crippen molar-refractivity contribution < 1.29 is 4.79 Å². The summed E-state index contributed by atoms with van der Waals surface area (Å²) in [4.78, 5) is 18.0. The number of amidine groups is 1. The summed E-state index contributed by atoms with van der Waals surface area (Å²) < 4.78 is 0. The number of amides is 1. The first kappa shape index (κ1) is 18.9. The van der Waals surface area contributed by atoms with Gasteiger partial charge in [-0.1, -0.05) is 84.0 Å². The van der Waals surface area contributed by atoms with Crippen molar-refractivity contribution in [1.29, 1.82) is 0 Å². The fourth-order valence-corrected chi connectivity index (χ4v) is 4.40. The molecule has 3 aromatic carbocycles. The molecule has 7 heteroatoms. The lowest BCUT2D eigenvalue weighted by molar-refractivity contribution is -0.116. The second kappa shape index (κ2) is 7.97. The SMILES string of the molecule is O=C1NC(SCc2ccccc2)=NN2C1=c1ccccc1=N[C@H]2c1ccc(Cl)cc1. The number of thioether (sulfide) groups is 1. The van der Waals surface area contributed by atoms with E-state index in [0.717, 1.165) is 21.7 Å². The van der Waals surface area contributed by atoms with Gasteiger partial charge in [-0.2, -0.15) is 0 Å². The first-order valence-corrected chi connectivity index (χ1v) is 10.8. The minimum absolute atomic E-state index is 0.179. The van der Waals surface area contributed by atoms with Gasteiger partial charge in [0.1, 0.15) is 5.70 Å². The highest BCUT2D eigenvalue weighted by Crippen LogP contribution is 2.31. The summed E-state index contributed by atoms with van der Waals surface area (Å²) in [6, 6.07) is 25.2. The molecule has 5 nitrogen and oxygen atoms in total. The third-order valence-electron chi connectivity index (χ3n) is 4.90. The average molecular weight is 433 g/mol.